The van der Waals surface area contributed by atoms with Crippen LogP contribution in [0.3, 0.4) is 0 Å². The molecule has 0 saturated carbocycles. The third-order valence-corrected chi connectivity index (χ3v) is 6.85. The third kappa shape index (κ3) is 4.91. The maximum atomic E-state index is 12.6. The van der Waals surface area contributed by atoms with Gasteiger partial charge < -0.3 is 10.1 Å². The Morgan fingerprint density at radius 2 is 1.68 bits per heavy atom. The fraction of sp³-hybridized carbons (Fsp3) is 0.381. The van der Waals surface area contributed by atoms with Crippen molar-refractivity contribution in [1.29, 1.82) is 0 Å². The van der Waals surface area contributed by atoms with Gasteiger partial charge in [-0.05, 0) is 74.2 Å². The van der Waals surface area contributed by atoms with Crippen LogP contribution in [0.1, 0.15) is 30.4 Å². The summed E-state index contributed by atoms with van der Waals surface area (Å²) in [6, 6.07) is 11.9. The molecule has 28 heavy (non-hydrogen) atoms. The van der Waals surface area contributed by atoms with Gasteiger partial charge in [0.15, 0.2) is 6.61 Å². The lowest BCUT2D eigenvalue weighted by Crippen LogP contribution is -2.35. The van der Waals surface area contributed by atoms with E-state index < -0.39 is 10.0 Å². The molecule has 1 N–H and O–H groups in total. The zero-order valence-electron chi connectivity index (χ0n) is 16.3. The van der Waals surface area contributed by atoms with Crippen molar-refractivity contribution in [3.8, 4) is 5.75 Å². The van der Waals surface area contributed by atoms with Gasteiger partial charge in [-0.1, -0.05) is 12.5 Å². The van der Waals surface area contributed by atoms with Gasteiger partial charge in [0.2, 0.25) is 10.0 Å². The van der Waals surface area contributed by atoms with Gasteiger partial charge in [0.1, 0.15) is 5.75 Å². The topological polar surface area (TPSA) is 75.7 Å². The number of amides is 1. The number of anilines is 1. The molecule has 0 atom stereocenters. The molecular weight excluding hydrogens is 376 g/mol. The summed E-state index contributed by atoms with van der Waals surface area (Å²) >= 11 is 0. The molecule has 0 bridgehead atoms. The normalized spacial score (nSPS) is 15.2. The van der Waals surface area contributed by atoms with Crippen LogP contribution in [0.2, 0.25) is 0 Å². The van der Waals surface area contributed by atoms with Crippen molar-refractivity contribution in [1.82, 2.24) is 4.31 Å². The summed E-state index contributed by atoms with van der Waals surface area (Å²) in [4.78, 5) is 12.3. The highest BCUT2D eigenvalue weighted by Gasteiger charge is 2.25. The van der Waals surface area contributed by atoms with E-state index in [4.69, 9.17) is 4.74 Å². The first-order valence-electron chi connectivity index (χ1n) is 9.46. The molecule has 2 aromatic carbocycles. The largest absolute Gasteiger partial charge is 0.484 e. The molecule has 1 amide bonds. The first kappa shape index (κ1) is 20.4. The number of ether oxygens (including phenoxy) is 1. The summed E-state index contributed by atoms with van der Waals surface area (Å²) < 4.78 is 32.3. The van der Waals surface area contributed by atoms with Gasteiger partial charge in [0.05, 0.1) is 4.90 Å². The molecule has 0 radical (unpaired) electrons. The highest BCUT2D eigenvalue weighted by Crippen LogP contribution is 2.22. The summed E-state index contributed by atoms with van der Waals surface area (Å²) in [7, 11) is -3.46. The van der Waals surface area contributed by atoms with Crippen LogP contribution >= 0.6 is 0 Å². The number of rotatable bonds is 6. The Bertz CT molecular complexity index is 933. The van der Waals surface area contributed by atoms with E-state index in [2.05, 4.69) is 5.32 Å². The minimum atomic E-state index is -3.46. The first-order valence-corrected chi connectivity index (χ1v) is 10.9. The number of nitrogens with zero attached hydrogens (tertiary/aromatic N) is 1. The Hall–Kier alpha value is -2.38. The van der Waals surface area contributed by atoms with Gasteiger partial charge in [-0.25, -0.2) is 8.42 Å². The molecule has 3 rings (SSSR count). The highest BCUT2D eigenvalue weighted by molar-refractivity contribution is 7.89. The van der Waals surface area contributed by atoms with Crippen molar-refractivity contribution in [2.24, 2.45) is 0 Å². The van der Waals surface area contributed by atoms with Crippen LogP contribution in [0, 0.1) is 13.8 Å². The second-order valence-electron chi connectivity index (χ2n) is 7.07. The number of aryl methyl sites for hydroxylation is 2. The van der Waals surface area contributed by atoms with Crippen LogP contribution in [0.15, 0.2) is 47.4 Å². The summed E-state index contributed by atoms with van der Waals surface area (Å²) in [6.07, 6.45) is 2.87. The zero-order valence-corrected chi connectivity index (χ0v) is 17.1. The molecule has 0 unspecified atom stereocenters. The van der Waals surface area contributed by atoms with E-state index in [0.717, 1.165) is 36.1 Å². The predicted molar refractivity (Wildman–Crippen MR) is 109 cm³/mol. The molecule has 2 aromatic rings. The van der Waals surface area contributed by atoms with Crippen molar-refractivity contribution in [3.05, 3.63) is 53.6 Å². The van der Waals surface area contributed by atoms with E-state index in [1.165, 1.54) is 16.4 Å². The first-order chi connectivity index (χ1) is 13.4. The standard InChI is InChI=1S/C21H26N2O4S/c1-16-6-7-18(14-17(16)2)22-21(24)15-27-19-8-10-20(11-9-19)28(25,26)23-12-4-3-5-13-23/h6-11,14H,3-5,12-13,15H2,1-2H3,(H,22,24). The van der Waals surface area contributed by atoms with E-state index in [0.29, 0.717) is 18.8 Å². The van der Waals surface area contributed by atoms with E-state index in [-0.39, 0.29) is 17.4 Å². The van der Waals surface area contributed by atoms with Crippen LogP contribution in [-0.4, -0.2) is 38.3 Å². The summed E-state index contributed by atoms with van der Waals surface area (Å²) in [5.74, 6) is 0.182. The minimum Gasteiger partial charge on any atom is -0.484 e. The monoisotopic (exact) mass is 402 g/mol. The molecule has 7 heteroatoms. The van der Waals surface area contributed by atoms with Gasteiger partial charge in [0, 0.05) is 18.8 Å². The Morgan fingerprint density at radius 1 is 1.00 bits per heavy atom. The van der Waals surface area contributed by atoms with E-state index in [1.54, 1.807) is 12.1 Å². The minimum absolute atomic E-state index is 0.148. The molecule has 1 saturated heterocycles. The molecule has 1 heterocycles. The maximum absolute atomic E-state index is 12.6. The molecular formula is C21H26N2O4S. The smallest absolute Gasteiger partial charge is 0.262 e. The Balaban J connectivity index is 1.56. The molecule has 1 aliphatic rings. The Kier molecular flexibility index (Phi) is 6.36. The van der Waals surface area contributed by atoms with Gasteiger partial charge in [0.25, 0.3) is 5.91 Å². The number of hydrogen-bond donors (Lipinski definition) is 1. The fourth-order valence-corrected chi connectivity index (χ4v) is 4.64. The second kappa shape index (κ2) is 8.75. The number of piperidine rings is 1. The van der Waals surface area contributed by atoms with E-state index in [1.807, 2.05) is 32.0 Å². The molecule has 6 nitrogen and oxygen atoms in total. The van der Waals surface area contributed by atoms with Crippen LogP contribution in [-0.2, 0) is 14.8 Å². The predicted octanol–water partition coefficient (Wildman–Crippen LogP) is 3.50. The van der Waals surface area contributed by atoms with Crippen molar-refractivity contribution in [2.75, 3.05) is 25.0 Å². The number of nitrogens with one attached hydrogen (secondary N) is 1. The van der Waals surface area contributed by atoms with Gasteiger partial charge in [-0.15, -0.1) is 0 Å². The molecule has 1 aliphatic heterocycles. The van der Waals surface area contributed by atoms with Crippen molar-refractivity contribution in [2.45, 2.75) is 38.0 Å². The fourth-order valence-electron chi connectivity index (χ4n) is 3.13. The second-order valence-corrected chi connectivity index (χ2v) is 9.01. The lowest BCUT2D eigenvalue weighted by Gasteiger charge is -2.25. The van der Waals surface area contributed by atoms with E-state index >= 15 is 0 Å². The molecule has 1 fully saturated rings. The summed E-state index contributed by atoms with van der Waals surface area (Å²) in [5.41, 5.74) is 2.98. The van der Waals surface area contributed by atoms with Crippen molar-refractivity contribution >= 4 is 21.6 Å². The maximum Gasteiger partial charge on any atom is 0.262 e. The molecule has 0 aliphatic carbocycles. The lowest BCUT2D eigenvalue weighted by atomic mass is 10.1. The molecule has 150 valence electrons. The zero-order chi connectivity index (χ0) is 20.1. The average Bonchev–Trinajstić information content (AvgIpc) is 2.70. The van der Waals surface area contributed by atoms with Crippen LogP contribution < -0.4 is 10.1 Å². The van der Waals surface area contributed by atoms with Crippen LogP contribution in [0.25, 0.3) is 0 Å². The Labute approximate surface area is 166 Å². The SMILES string of the molecule is Cc1ccc(NC(=O)COc2ccc(S(=O)(=O)N3CCCCC3)cc2)cc1C. The van der Waals surface area contributed by atoms with Crippen LogP contribution in [0.5, 0.6) is 5.75 Å². The van der Waals surface area contributed by atoms with Gasteiger partial charge in [-0.3, -0.25) is 4.79 Å². The average molecular weight is 403 g/mol. The number of benzene rings is 2. The van der Waals surface area contributed by atoms with Crippen molar-refractivity contribution < 1.29 is 17.9 Å². The van der Waals surface area contributed by atoms with E-state index in [9.17, 15) is 13.2 Å². The third-order valence-electron chi connectivity index (χ3n) is 4.94. The quantitative estimate of drug-likeness (QED) is 0.802. The number of sulfonamides is 1. The molecule has 0 aromatic heterocycles. The number of hydrogen-bond acceptors (Lipinski definition) is 4. The van der Waals surface area contributed by atoms with Gasteiger partial charge in [-0.2, -0.15) is 4.31 Å². The number of carbonyl (C=O) groups excluding carboxylic acids is 1. The van der Waals surface area contributed by atoms with Crippen LogP contribution in [0.4, 0.5) is 5.69 Å². The lowest BCUT2D eigenvalue weighted by molar-refractivity contribution is -0.118. The van der Waals surface area contributed by atoms with Gasteiger partial charge >= 0.3 is 0 Å². The summed E-state index contributed by atoms with van der Waals surface area (Å²) in [5, 5.41) is 2.79. The highest BCUT2D eigenvalue weighted by atomic mass is 32.2. The number of carbonyl (C=O) groups is 1. The van der Waals surface area contributed by atoms with Crippen molar-refractivity contribution in [3.63, 3.8) is 0 Å². The molecule has 0 spiro atoms. The summed E-state index contributed by atoms with van der Waals surface area (Å²) in [6.45, 7) is 4.99. The Morgan fingerprint density at radius 3 is 2.32 bits per heavy atom.